The standard InChI is InChI=1S/C16H27NO3/c1-12(18)9-16(2,3)11-17-10-13-8-14(19-4)6-7-15(13)20-5/h6-8,12,17-18H,9-11H2,1-5H3. The summed E-state index contributed by atoms with van der Waals surface area (Å²) in [7, 11) is 3.33. The van der Waals surface area contributed by atoms with Crippen molar-refractivity contribution in [2.75, 3.05) is 20.8 Å². The fourth-order valence-electron chi connectivity index (χ4n) is 2.43. The van der Waals surface area contributed by atoms with Crippen molar-refractivity contribution >= 4 is 0 Å². The topological polar surface area (TPSA) is 50.7 Å². The van der Waals surface area contributed by atoms with Gasteiger partial charge in [0.15, 0.2) is 0 Å². The van der Waals surface area contributed by atoms with Crippen LogP contribution in [0.2, 0.25) is 0 Å². The monoisotopic (exact) mass is 281 g/mol. The van der Waals surface area contributed by atoms with Crippen molar-refractivity contribution in [3.05, 3.63) is 23.8 Å². The second-order valence-corrected chi connectivity index (χ2v) is 6.00. The van der Waals surface area contributed by atoms with Crippen LogP contribution in [0.5, 0.6) is 11.5 Å². The summed E-state index contributed by atoms with van der Waals surface area (Å²) in [5, 5.41) is 12.9. The van der Waals surface area contributed by atoms with Crippen molar-refractivity contribution in [2.45, 2.75) is 39.8 Å². The van der Waals surface area contributed by atoms with E-state index in [1.54, 1.807) is 14.2 Å². The molecule has 114 valence electrons. The van der Waals surface area contributed by atoms with Crippen LogP contribution in [0.4, 0.5) is 0 Å². The highest BCUT2D eigenvalue weighted by molar-refractivity contribution is 5.40. The molecule has 0 bridgehead atoms. The fourth-order valence-corrected chi connectivity index (χ4v) is 2.43. The SMILES string of the molecule is COc1ccc(OC)c(CNCC(C)(C)CC(C)O)c1. The molecule has 0 aliphatic rings. The summed E-state index contributed by atoms with van der Waals surface area (Å²) < 4.78 is 10.6. The van der Waals surface area contributed by atoms with Crippen LogP contribution in [0, 0.1) is 5.41 Å². The molecule has 0 radical (unpaired) electrons. The van der Waals surface area contributed by atoms with Crippen LogP contribution in [-0.2, 0) is 6.54 Å². The largest absolute Gasteiger partial charge is 0.497 e. The first-order valence-electron chi connectivity index (χ1n) is 6.97. The molecular weight excluding hydrogens is 254 g/mol. The number of benzene rings is 1. The molecule has 1 rings (SSSR count). The van der Waals surface area contributed by atoms with Crippen LogP contribution < -0.4 is 14.8 Å². The van der Waals surface area contributed by atoms with Gasteiger partial charge in [0.1, 0.15) is 11.5 Å². The fraction of sp³-hybridized carbons (Fsp3) is 0.625. The van der Waals surface area contributed by atoms with E-state index in [1.807, 2.05) is 25.1 Å². The van der Waals surface area contributed by atoms with Crippen molar-refractivity contribution in [3.8, 4) is 11.5 Å². The second kappa shape index (κ2) is 7.50. The minimum atomic E-state index is -0.279. The molecule has 0 amide bonds. The summed E-state index contributed by atoms with van der Waals surface area (Å²) in [6.07, 6.45) is 0.494. The number of aliphatic hydroxyl groups excluding tert-OH is 1. The van der Waals surface area contributed by atoms with E-state index in [4.69, 9.17) is 9.47 Å². The normalized spacial score (nSPS) is 13.1. The Morgan fingerprint density at radius 3 is 2.50 bits per heavy atom. The summed E-state index contributed by atoms with van der Waals surface area (Å²) in [5.74, 6) is 1.68. The zero-order valence-corrected chi connectivity index (χ0v) is 13.2. The van der Waals surface area contributed by atoms with Gasteiger partial charge in [0, 0.05) is 18.7 Å². The molecule has 0 aliphatic heterocycles. The van der Waals surface area contributed by atoms with Gasteiger partial charge in [0.05, 0.1) is 20.3 Å². The van der Waals surface area contributed by atoms with Crippen LogP contribution >= 0.6 is 0 Å². The third kappa shape index (κ3) is 5.39. The second-order valence-electron chi connectivity index (χ2n) is 6.00. The Kier molecular flexibility index (Phi) is 6.30. The number of hydrogen-bond donors (Lipinski definition) is 2. The summed E-state index contributed by atoms with van der Waals surface area (Å²) in [6.45, 7) is 7.67. The van der Waals surface area contributed by atoms with Crippen molar-refractivity contribution in [1.29, 1.82) is 0 Å². The summed E-state index contributed by atoms with van der Waals surface area (Å²) in [6, 6.07) is 5.78. The summed E-state index contributed by atoms with van der Waals surface area (Å²) in [5.41, 5.74) is 1.12. The van der Waals surface area contributed by atoms with Gasteiger partial charge in [-0.05, 0) is 37.0 Å². The first-order valence-corrected chi connectivity index (χ1v) is 6.97. The van der Waals surface area contributed by atoms with E-state index in [1.165, 1.54) is 0 Å². The van der Waals surface area contributed by atoms with E-state index in [-0.39, 0.29) is 11.5 Å². The van der Waals surface area contributed by atoms with Crippen molar-refractivity contribution in [2.24, 2.45) is 5.41 Å². The number of aliphatic hydroxyl groups is 1. The van der Waals surface area contributed by atoms with E-state index >= 15 is 0 Å². The Morgan fingerprint density at radius 1 is 1.25 bits per heavy atom. The van der Waals surface area contributed by atoms with Gasteiger partial charge in [-0.3, -0.25) is 0 Å². The lowest BCUT2D eigenvalue weighted by Crippen LogP contribution is -2.31. The van der Waals surface area contributed by atoms with E-state index in [0.29, 0.717) is 6.54 Å². The van der Waals surface area contributed by atoms with Gasteiger partial charge in [0.2, 0.25) is 0 Å². The molecule has 0 aromatic heterocycles. The molecule has 0 saturated heterocycles. The highest BCUT2D eigenvalue weighted by atomic mass is 16.5. The van der Waals surface area contributed by atoms with Crippen LogP contribution in [0.3, 0.4) is 0 Å². The van der Waals surface area contributed by atoms with Gasteiger partial charge in [0.25, 0.3) is 0 Å². The van der Waals surface area contributed by atoms with Gasteiger partial charge in [-0.1, -0.05) is 13.8 Å². The molecule has 1 aromatic rings. The number of hydrogen-bond acceptors (Lipinski definition) is 4. The Morgan fingerprint density at radius 2 is 1.95 bits per heavy atom. The average Bonchev–Trinajstić information content (AvgIpc) is 2.36. The molecule has 1 unspecified atom stereocenters. The van der Waals surface area contributed by atoms with E-state index in [2.05, 4.69) is 19.2 Å². The lowest BCUT2D eigenvalue weighted by molar-refractivity contribution is 0.128. The number of rotatable bonds is 8. The van der Waals surface area contributed by atoms with E-state index < -0.39 is 0 Å². The lowest BCUT2D eigenvalue weighted by atomic mass is 9.87. The van der Waals surface area contributed by atoms with Crippen molar-refractivity contribution in [3.63, 3.8) is 0 Å². The average molecular weight is 281 g/mol. The zero-order chi connectivity index (χ0) is 15.2. The molecule has 1 aromatic carbocycles. The molecule has 0 heterocycles. The van der Waals surface area contributed by atoms with Gasteiger partial charge in [-0.25, -0.2) is 0 Å². The molecule has 0 saturated carbocycles. The van der Waals surface area contributed by atoms with Gasteiger partial charge in [-0.15, -0.1) is 0 Å². The Hall–Kier alpha value is -1.26. The van der Waals surface area contributed by atoms with Crippen LogP contribution in [0.1, 0.15) is 32.8 Å². The van der Waals surface area contributed by atoms with Gasteiger partial charge >= 0.3 is 0 Å². The quantitative estimate of drug-likeness (QED) is 0.769. The minimum absolute atomic E-state index is 0.0558. The predicted molar refractivity (Wildman–Crippen MR) is 81.3 cm³/mol. The molecule has 4 nitrogen and oxygen atoms in total. The number of methoxy groups -OCH3 is 2. The Balaban J connectivity index is 2.60. The van der Waals surface area contributed by atoms with E-state index in [0.717, 1.165) is 30.0 Å². The molecule has 0 aliphatic carbocycles. The molecule has 4 heteroatoms. The molecular formula is C16H27NO3. The molecule has 0 fully saturated rings. The van der Waals surface area contributed by atoms with Gasteiger partial charge < -0.3 is 19.9 Å². The predicted octanol–water partition coefficient (Wildman–Crippen LogP) is 2.59. The molecule has 1 atom stereocenters. The third-order valence-electron chi connectivity index (χ3n) is 3.25. The lowest BCUT2D eigenvalue weighted by Gasteiger charge is -2.26. The Labute approximate surface area is 122 Å². The number of ether oxygens (including phenoxy) is 2. The van der Waals surface area contributed by atoms with Crippen molar-refractivity contribution in [1.82, 2.24) is 5.32 Å². The third-order valence-corrected chi connectivity index (χ3v) is 3.25. The minimum Gasteiger partial charge on any atom is -0.497 e. The molecule has 0 spiro atoms. The smallest absolute Gasteiger partial charge is 0.123 e. The van der Waals surface area contributed by atoms with Crippen molar-refractivity contribution < 1.29 is 14.6 Å². The highest BCUT2D eigenvalue weighted by Crippen LogP contribution is 2.25. The maximum Gasteiger partial charge on any atom is 0.123 e. The molecule has 2 N–H and O–H groups in total. The van der Waals surface area contributed by atoms with Crippen LogP contribution in [0.15, 0.2) is 18.2 Å². The Bertz CT molecular complexity index is 416. The number of nitrogens with one attached hydrogen (secondary N) is 1. The maximum absolute atomic E-state index is 9.49. The summed E-state index contributed by atoms with van der Waals surface area (Å²) in [4.78, 5) is 0. The maximum atomic E-state index is 9.49. The van der Waals surface area contributed by atoms with Crippen LogP contribution in [-0.4, -0.2) is 32.0 Å². The van der Waals surface area contributed by atoms with Crippen LogP contribution in [0.25, 0.3) is 0 Å². The van der Waals surface area contributed by atoms with Gasteiger partial charge in [-0.2, -0.15) is 0 Å². The van der Waals surface area contributed by atoms with E-state index in [9.17, 15) is 5.11 Å². The first-order chi connectivity index (χ1) is 9.38. The first kappa shape index (κ1) is 16.8. The zero-order valence-electron chi connectivity index (χ0n) is 13.2. The summed E-state index contributed by atoms with van der Waals surface area (Å²) >= 11 is 0. The highest BCUT2D eigenvalue weighted by Gasteiger charge is 2.19. The molecule has 20 heavy (non-hydrogen) atoms.